The Kier molecular flexibility index (Phi) is 5.45. The molecule has 0 saturated carbocycles. The number of nitrogens with zero attached hydrogens (tertiary/aromatic N) is 1. The largest absolute Gasteiger partial charge is 0.478 e. The summed E-state index contributed by atoms with van der Waals surface area (Å²) in [6, 6.07) is 4.40. The van der Waals surface area contributed by atoms with Crippen LogP contribution >= 0.6 is 0 Å². The number of aryl methyl sites for hydroxylation is 1. The molecule has 108 valence electrons. The van der Waals surface area contributed by atoms with Crippen molar-refractivity contribution < 1.29 is 29.4 Å². The van der Waals surface area contributed by atoms with Crippen molar-refractivity contribution in [2.75, 3.05) is 6.61 Å². The number of ether oxygens (including phenoxy) is 1. The summed E-state index contributed by atoms with van der Waals surface area (Å²) in [6.07, 6.45) is -0.00510. The number of carboxylic acids is 1. The molecule has 0 atom stereocenters. The monoisotopic (exact) mass is 283 g/mol. The van der Waals surface area contributed by atoms with Crippen LogP contribution in [-0.4, -0.2) is 28.7 Å². The summed E-state index contributed by atoms with van der Waals surface area (Å²) in [6.45, 7) is 1.49. The van der Waals surface area contributed by atoms with Gasteiger partial charge in [0.25, 0.3) is 5.09 Å². The highest BCUT2D eigenvalue weighted by molar-refractivity contribution is 5.92. The molecule has 8 heteroatoms. The SMILES string of the molecule is Cc1ccc(OC(=O)CCCO[N+](=O)[O-])c(C(=O)O)c1. The summed E-state index contributed by atoms with van der Waals surface area (Å²) in [4.78, 5) is 36.4. The summed E-state index contributed by atoms with van der Waals surface area (Å²) < 4.78 is 4.92. The number of benzene rings is 1. The van der Waals surface area contributed by atoms with E-state index in [1.165, 1.54) is 12.1 Å². The van der Waals surface area contributed by atoms with Gasteiger partial charge in [-0.05, 0) is 25.5 Å². The summed E-state index contributed by atoms with van der Waals surface area (Å²) >= 11 is 0. The minimum Gasteiger partial charge on any atom is -0.478 e. The lowest BCUT2D eigenvalue weighted by atomic mass is 10.1. The average molecular weight is 283 g/mol. The van der Waals surface area contributed by atoms with E-state index >= 15 is 0 Å². The molecular weight excluding hydrogens is 270 g/mol. The summed E-state index contributed by atoms with van der Waals surface area (Å²) in [7, 11) is 0. The molecule has 8 nitrogen and oxygen atoms in total. The Balaban J connectivity index is 2.57. The summed E-state index contributed by atoms with van der Waals surface area (Å²) in [5.41, 5.74) is 0.612. The van der Waals surface area contributed by atoms with E-state index in [2.05, 4.69) is 4.84 Å². The Labute approximate surface area is 114 Å². The highest BCUT2D eigenvalue weighted by Gasteiger charge is 2.14. The molecule has 0 fully saturated rings. The van der Waals surface area contributed by atoms with Crippen molar-refractivity contribution in [3.05, 3.63) is 39.4 Å². The fourth-order valence-electron chi connectivity index (χ4n) is 1.43. The first-order valence-electron chi connectivity index (χ1n) is 5.72. The van der Waals surface area contributed by atoms with Gasteiger partial charge in [-0.15, -0.1) is 10.1 Å². The fourth-order valence-corrected chi connectivity index (χ4v) is 1.43. The Morgan fingerprint density at radius 3 is 2.70 bits per heavy atom. The first kappa shape index (κ1) is 15.4. The lowest BCUT2D eigenvalue weighted by Crippen LogP contribution is -2.12. The van der Waals surface area contributed by atoms with Crippen molar-refractivity contribution in [2.45, 2.75) is 19.8 Å². The minimum atomic E-state index is -1.20. The van der Waals surface area contributed by atoms with E-state index in [-0.39, 0.29) is 30.8 Å². The van der Waals surface area contributed by atoms with Gasteiger partial charge in [-0.25, -0.2) is 4.79 Å². The first-order valence-corrected chi connectivity index (χ1v) is 5.72. The molecule has 0 radical (unpaired) electrons. The van der Waals surface area contributed by atoms with Crippen molar-refractivity contribution in [2.24, 2.45) is 0 Å². The lowest BCUT2D eigenvalue weighted by Gasteiger charge is -2.08. The standard InChI is InChI=1S/C12H13NO7/c1-8-4-5-10(9(7-8)12(15)16)20-11(14)3-2-6-19-13(17)18/h4-5,7H,2-3,6H2,1H3,(H,15,16). The molecule has 0 aliphatic heterocycles. The van der Waals surface area contributed by atoms with Gasteiger partial charge in [0.05, 0.1) is 6.61 Å². The van der Waals surface area contributed by atoms with E-state index in [0.717, 1.165) is 5.56 Å². The van der Waals surface area contributed by atoms with E-state index in [0.29, 0.717) is 0 Å². The third kappa shape index (κ3) is 4.92. The average Bonchev–Trinajstić information content (AvgIpc) is 2.36. The number of carbonyl (C=O) groups excluding carboxylic acids is 1. The molecule has 1 rings (SSSR count). The summed E-state index contributed by atoms with van der Waals surface area (Å²) in [5.74, 6) is -1.93. The second kappa shape index (κ2) is 7.07. The number of esters is 1. The van der Waals surface area contributed by atoms with Crippen LogP contribution in [0.2, 0.25) is 0 Å². The van der Waals surface area contributed by atoms with Gasteiger partial charge in [-0.3, -0.25) is 4.79 Å². The Bertz CT molecular complexity index is 527. The van der Waals surface area contributed by atoms with Gasteiger partial charge in [-0.2, -0.15) is 0 Å². The molecular formula is C12H13NO7. The van der Waals surface area contributed by atoms with E-state index in [1.807, 2.05) is 0 Å². The Hall–Kier alpha value is -2.64. The second-order valence-electron chi connectivity index (χ2n) is 3.94. The lowest BCUT2D eigenvalue weighted by molar-refractivity contribution is -0.757. The van der Waals surface area contributed by atoms with Crippen LogP contribution in [0.3, 0.4) is 0 Å². The van der Waals surface area contributed by atoms with Gasteiger partial charge in [0.1, 0.15) is 11.3 Å². The predicted molar refractivity (Wildman–Crippen MR) is 66.0 cm³/mol. The molecule has 0 spiro atoms. The topological polar surface area (TPSA) is 116 Å². The number of hydrogen-bond acceptors (Lipinski definition) is 6. The number of carbonyl (C=O) groups is 2. The molecule has 0 unspecified atom stereocenters. The number of rotatable bonds is 7. The van der Waals surface area contributed by atoms with Crippen LogP contribution in [0, 0.1) is 17.0 Å². The first-order chi connectivity index (χ1) is 9.40. The van der Waals surface area contributed by atoms with Crippen molar-refractivity contribution in [3.8, 4) is 5.75 Å². The van der Waals surface area contributed by atoms with Crippen LogP contribution in [-0.2, 0) is 9.63 Å². The quantitative estimate of drug-likeness (QED) is 0.265. The van der Waals surface area contributed by atoms with Gasteiger partial charge in [-0.1, -0.05) is 11.6 Å². The van der Waals surface area contributed by atoms with Crippen LogP contribution < -0.4 is 4.74 Å². The molecule has 0 aliphatic carbocycles. The maximum absolute atomic E-state index is 11.5. The Morgan fingerprint density at radius 1 is 1.40 bits per heavy atom. The maximum Gasteiger partial charge on any atom is 0.339 e. The summed E-state index contributed by atoms with van der Waals surface area (Å²) in [5, 5.41) is 17.9. The zero-order chi connectivity index (χ0) is 15.1. The van der Waals surface area contributed by atoms with Crippen LogP contribution in [0.25, 0.3) is 0 Å². The molecule has 1 aromatic carbocycles. The van der Waals surface area contributed by atoms with E-state index in [1.54, 1.807) is 13.0 Å². The van der Waals surface area contributed by atoms with Crippen LogP contribution in [0.5, 0.6) is 5.75 Å². The zero-order valence-electron chi connectivity index (χ0n) is 10.7. The zero-order valence-corrected chi connectivity index (χ0v) is 10.7. The molecule has 1 N–H and O–H groups in total. The fraction of sp³-hybridized carbons (Fsp3) is 0.333. The third-order valence-corrected chi connectivity index (χ3v) is 2.31. The van der Waals surface area contributed by atoms with Gasteiger partial charge in [0.15, 0.2) is 0 Å². The van der Waals surface area contributed by atoms with Gasteiger partial charge >= 0.3 is 11.9 Å². The maximum atomic E-state index is 11.5. The van der Waals surface area contributed by atoms with Crippen molar-refractivity contribution in [1.82, 2.24) is 0 Å². The van der Waals surface area contributed by atoms with Crippen molar-refractivity contribution in [3.63, 3.8) is 0 Å². The highest BCUT2D eigenvalue weighted by Crippen LogP contribution is 2.20. The van der Waals surface area contributed by atoms with E-state index in [4.69, 9.17) is 9.84 Å². The second-order valence-corrected chi connectivity index (χ2v) is 3.94. The number of hydrogen-bond donors (Lipinski definition) is 1. The van der Waals surface area contributed by atoms with E-state index < -0.39 is 17.0 Å². The van der Waals surface area contributed by atoms with Crippen LogP contribution in [0.1, 0.15) is 28.8 Å². The third-order valence-electron chi connectivity index (χ3n) is 2.31. The van der Waals surface area contributed by atoms with Gasteiger partial charge in [0.2, 0.25) is 0 Å². The van der Waals surface area contributed by atoms with Gasteiger partial charge < -0.3 is 14.7 Å². The molecule has 0 bridgehead atoms. The minimum absolute atomic E-state index is 0.0525. The van der Waals surface area contributed by atoms with Gasteiger partial charge in [0, 0.05) is 6.42 Å². The molecule has 0 aliphatic rings. The molecule has 1 aromatic rings. The molecule has 0 heterocycles. The normalized spacial score (nSPS) is 9.85. The van der Waals surface area contributed by atoms with E-state index in [9.17, 15) is 19.7 Å². The smallest absolute Gasteiger partial charge is 0.339 e. The molecule has 0 saturated heterocycles. The highest BCUT2D eigenvalue weighted by atomic mass is 16.9. The van der Waals surface area contributed by atoms with Crippen LogP contribution in [0.15, 0.2) is 18.2 Å². The predicted octanol–water partition coefficient (Wildman–Crippen LogP) is 1.59. The molecule has 0 aromatic heterocycles. The Morgan fingerprint density at radius 2 is 2.10 bits per heavy atom. The number of carboxylic acid groups (broad SMARTS) is 1. The van der Waals surface area contributed by atoms with Crippen LogP contribution in [0.4, 0.5) is 0 Å². The molecule has 20 heavy (non-hydrogen) atoms. The van der Waals surface area contributed by atoms with Crippen molar-refractivity contribution >= 4 is 11.9 Å². The van der Waals surface area contributed by atoms with Crippen molar-refractivity contribution in [1.29, 1.82) is 0 Å². The molecule has 0 amide bonds. The number of aromatic carboxylic acids is 1.